The Labute approximate surface area is 193 Å². The summed E-state index contributed by atoms with van der Waals surface area (Å²) in [4.78, 5) is 2.51. The number of ether oxygens (including phenoxy) is 2. The molecule has 7 heteroatoms. The highest BCUT2D eigenvalue weighted by Crippen LogP contribution is 2.39. The summed E-state index contributed by atoms with van der Waals surface area (Å²) in [5, 5.41) is 13.1. The lowest BCUT2D eigenvalue weighted by molar-refractivity contribution is 0.0845. The molecule has 1 aliphatic heterocycles. The van der Waals surface area contributed by atoms with Crippen LogP contribution in [0.3, 0.4) is 0 Å². The Balaban J connectivity index is 1.59. The van der Waals surface area contributed by atoms with E-state index in [0.29, 0.717) is 45.6 Å². The van der Waals surface area contributed by atoms with Crippen molar-refractivity contribution in [3.63, 3.8) is 0 Å². The van der Waals surface area contributed by atoms with Crippen molar-refractivity contribution in [3.05, 3.63) is 46.6 Å². The topological polar surface area (TPSA) is 46.9 Å². The van der Waals surface area contributed by atoms with Crippen molar-refractivity contribution in [3.8, 4) is 23.1 Å². The average Bonchev–Trinajstić information content (AvgIpc) is 3.06. The van der Waals surface area contributed by atoms with Crippen LogP contribution in [0.5, 0.6) is 17.4 Å². The number of halogens is 2. The number of fused-ring (bicyclic) bond motifs is 1. The van der Waals surface area contributed by atoms with Crippen molar-refractivity contribution in [2.75, 3.05) is 20.3 Å². The molecule has 1 aromatic heterocycles. The molecule has 31 heavy (non-hydrogen) atoms. The van der Waals surface area contributed by atoms with Crippen molar-refractivity contribution in [1.29, 1.82) is 0 Å². The lowest BCUT2D eigenvalue weighted by atomic mass is 9.98. The van der Waals surface area contributed by atoms with E-state index in [1.807, 2.05) is 24.4 Å². The van der Waals surface area contributed by atoms with Gasteiger partial charge in [0.25, 0.3) is 0 Å². The molecule has 0 radical (unpaired) electrons. The first-order chi connectivity index (χ1) is 14.9. The van der Waals surface area contributed by atoms with E-state index < -0.39 is 0 Å². The minimum absolute atomic E-state index is 0.0590. The SMILES string of the molecule is COc1ccc(-n2cc3cc(Cl)cc(Cl)c3c2O)cc1OCCN1[C@H](C)CCC[C@@H]1C. The van der Waals surface area contributed by atoms with Crippen LogP contribution in [0.15, 0.2) is 36.5 Å². The largest absolute Gasteiger partial charge is 0.494 e. The van der Waals surface area contributed by atoms with Gasteiger partial charge < -0.3 is 14.6 Å². The fourth-order valence-corrected chi connectivity index (χ4v) is 5.15. The molecule has 2 atom stereocenters. The lowest BCUT2D eigenvalue weighted by Gasteiger charge is -2.38. The second-order valence-electron chi connectivity index (χ2n) is 8.22. The van der Waals surface area contributed by atoms with Gasteiger partial charge in [0.15, 0.2) is 11.5 Å². The van der Waals surface area contributed by atoms with Crippen molar-refractivity contribution in [2.24, 2.45) is 0 Å². The maximum absolute atomic E-state index is 10.8. The molecule has 0 spiro atoms. The molecule has 4 rings (SSSR count). The van der Waals surface area contributed by atoms with E-state index in [4.69, 9.17) is 32.7 Å². The molecule has 0 aliphatic carbocycles. The third-order valence-corrected chi connectivity index (χ3v) is 6.73. The maximum atomic E-state index is 10.8. The summed E-state index contributed by atoms with van der Waals surface area (Å²) in [5.41, 5.74) is 0.747. The summed E-state index contributed by atoms with van der Waals surface area (Å²) in [7, 11) is 1.62. The van der Waals surface area contributed by atoms with E-state index in [9.17, 15) is 5.11 Å². The van der Waals surface area contributed by atoms with Crippen LogP contribution in [-0.2, 0) is 0 Å². The highest BCUT2D eigenvalue weighted by Gasteiger charge is 2.24. The normalized spacial score (nSPS) is 19.6. The maximum Gasteiger partial charge on any atom is 0.205 e. The average molecular weight is 463 g/mol. The molecular formula is C24H28Cl2N2O3. The van der Waals surface area contributed by atoms with Gasteiger partial charge in [-0.25, -0.2) is 0 Å². The van der Waals surface area contributed by atoms with Crippen LogP contribution in [0, 0.1) is 0 Å². The fourth-order valence-electron chi connectivity index (χ4n) is 4.55. The van der Waals surface area contributed by atoms with Gasteiger partial charge in [0.1, 0.15) is 6.61 Å². The Kier molecular flexibility index (Phi) is 6.56. The standard InChI is InChI=1S/C24H28Cl2N2O3/c1-15-5-4-6-16(2)27(15)9-10-31-22-13-19(7-8-21(22)30-3)28-14-17-11-18(25)12-20(26)23(17)24(28)29/h7-8,11-16,29H,4-6,9-10H2,1-3H3/t15-,16+. The number of nitrogens with zero attached hydrogens (tertiary/aromatic N) is 2. The molecule has 5 nitrogen and oxygen atoms in total. The number of benzene rings is 2. The van der Waals surface area contributed by atoms with Gasteiger partial charge in [-0.15, -0.1) is 0 Å². The van der Waals surface area contributed by atoms with Crippen LogP contribution in [0.4, 0.5) is 0 Å². The summed E-state index contributed by atoms with van der Waals surface area (Å²) in [5.74, 6) is 1.35. The second kappa shape index (κ2) is 9.19. The molecule has 1 saturated heterocycles. The van der Waals surface area contributed by atoms with Crippen LogP contribution >= 0.6 is 23.2 Å². The number of aromatic nitrogens is 1. The van der Waals surface area contributed by atoms with E-state index in [0.717, 1.165) is 17.6 Å². The number of hydrogen-bond donors (Lipinski definition) is 1. The fraction of sp³-hybridized carbons (Fsp3) is 0.417. The molecule has 0 bridgehead atoms. The van der Waals surface area contributed by atoms with E-state index in [2.05, 4.69) is 18.7 Å². The predicted octanol–water partition coefficient (Wildman–Crippen LogP) is 6.29. The van der Waals surface area contributed by atoms with Crippen molar-refractivity contribution < 1.29 is 14.6 Å². The molecule has 166 valence electrons. The summed E-state index contributed by atoms with van der Waals surface area (Å²) in [6.07, 6.45) is 5.57. The number of aromatic hydroxyl groups is 1. The monoisotopic (exact) mass is 462 g/mol. The molecule has 0 amide bonds. The zero-order chi connectivity index (χ0) is 22.1. The van der Waals surface area contributed by atoms with Crippen LogP contribution in [0.2, 0.25) is 10.0 Å². The number of likely N-dealkylation sites (tertiary alicyclic amines) is 1. The molecule has 1 aliphatic rings. The van der Waals surface area contributed by atoms with Crippen LogP contribution < -0.4 is 9.47 Å². The van der Waals surface area contributed by atoms with Crippen LogP contribution in [-0.4, -0.2) is 46.9 Å². The quantitative estimate of drug-likeness (QED) is 0.467. The number of rotatable bonds is 6. The van der Waals surface area contributed by atoms with Gasteiger partial charge in [-0.1, -0.05) is 29.6 Å². The summed E-state index contributed by atoms with van der Waals surface area (Å²) < 4.78 is 13.3. The predicted molar refractivity (Wildman–Crippen MR) is 126 cm³/mol. The Morgan fingerprint density at radius 1 is 1.06 bits per heavy atom. The lowest BCUT2D eigenvalue weighted by Crippen LogP contribution is -2.45. The Morgan fingerprint density at radius 2 is 1.81 bits per heavy atom. The van der Waals surface area contributed by atoms with E-state index in [1.165, 1.54) is 19.3 Å². The van der Waals surface area contributed by atoms with E-state index >= 15 is 0 Å². The Hall–Kier alpha value is -2.08. The number of piperidine rings is 1. The number of methoxy groups -OCH3 is 1. The molecule has 0 unspecified atom stereocenters. The molecule has 2 aromatic carbocycles. The Bertz CT molecular complexity index is 1070. The van der Waals surface area contributed by atoms with Crippen LogP contribution in [0.1, 0.15) is 33.1 Å². The van der Waals surface area contributed by atoms with Crippen molar-refractivity contribution >= 4 is 34.0 Å². The van der Waals surface area contributed by atoms with E-state index in [1.54, 1.807) is 23.8 Å². The van der Waals surface area contributed by atoms with Gasteiger partial charge in [-0.3, -0.25) is 9.47 Å². The van der Waals surface area contributed by atoms with E-state index in [-0.39, 0.29) is 5.88 Å². The van der Waals surface area contributed by atoms with Gasteiger partial charge in [0, 0.05) is 41.3 Å². The second-order valence-corrected chi connectivity index (χ2v) is 9.07. The van der Waals surface area contributed by atoms with Crippen molar-refractivity contribution in [2.45, 2.75) is 45.2 Å². The number of hydrogen-bond acceptors (Lipinski definition) is 4. The van der Waals surface area contributed by atoms with Gasteiger partial charge in [-0.05, 0) is 51.0 Å². The summed E-state index contributed by atoms with van der Waals surface area (Å²) >= 11 is 12.4. The summed E-state index contributed by atoms with van der Waals surface area (Å²) in [6, 6.07) is 10.1. The highest BCUT2D eigenvalue weighted by atomic mass is 35.5. The minimum Gasteiger partial charge on any atom is -0.494 e. The molecular weight excluding hydrogens is 435 g/mol. The third kappa shape index (κ3) is 4.45. The van der Waals surface area contributed by atoms with Gasteiger partial charge in [0.05, 0.1) is 23.2 Å². The molecule has 2 heterocycles. The molecule has 3 aromatic rings. The third-order valence-electron chi connectivity index (χ3n) is 6.21. The van der Waals surface area contributed by atoms with Crippen molar-refractivity contribution in [1.82, 2.24) is 9.47 Å². The molecule has 1 fully saturated rings. The van der Waals surface area contributed by atoms with Gasteiger partial charge in [-0.2, -0.15) is 0 Å². The first-order valence-electron chi connectivity index (χ1n) is 10.6. The highest BCUT2D eigenvalue weighted by molar-refractivity contribution is 6.39. The molecule has 1 N–H and O–H groups in total. The minimum atomic E-state index is 0.0590. The smallest absolute Gasteiger partial charge is 0.205 e. The zero-order valence-corrected chi connectivity index (χ0v) is 19.6. The first kappa shape index (κ1) is 22.1. The van der Waals surface area contributed by atoms with Gasteiger partial charge >= 0.3 is 0 Å². The first-order valence-corrected chi connectivity index (χ1v) is 11.4. The van der Waals surface area contributed by atoms with Crippen LogP contribution in [0.25, 0.3) is 16.5 Å². The summed E-state index contributed by atoms with van der Waals surface area (Å²) in [6.45, 7) is 6.00. The Morgan fingerprint density at radius 3 is 2.52 bits per heavy atom. The van der Waals surface area contributed by atoms with Gasteiger partial charge in [0.2, 0.25) is 5.88 Å². The zero-order valence-electron chi connectivity index (χ0n) is 18.1. The molecule has 0 saturated carbocycles.